The molecular weight excluding hydrogens is 248 g/mol. The summed E-state index contributed by atoms with van der Waals surface area (Å²) < 4.78 is 27.0. The van der Waals surface area contributed by atoms with Crippen LogP contribution in [0.2, 0.25) is 0 Å². The van der Waals surface area contributed by atoms with Gasteiger partial charge in [-0.25, -0.2) is 13.1 Å². The van der Waals surface area contributed by atoms with Gasteiger partial charge in [0.2, 0.25) is 10.0 Å². The first-order valence-electron chi connectivity index (χ1n) is 6.09. The molecule has 1 aliphatic rings. The van der Waals surface area contributed by atoms with Crippen LogP contribution >= 0.6 is 0 Å². The zero-order valence-electron chi connectivity index (χ0n) is 11.0. The predicted octanol–water partition coefficient (Wildman–Crippen LogP) is 1.90. The van der Waals surface area contributed by atoms with Crippen molar-refractivity contribution in [1.82, 2.24) is 4.72 Å². The van der Waals surface area contributed by atoms with Crippen molar-refractivity contribution >= 4 is 15.7 Å². The SMILES string of the molecule is Cc1c(N)cccc1S(=O)(=O)NCC1CC1(C)C. The smallest absolute Gasteiger partial charge is 0.240 e. The molecular formula is C13H20N2O2S. The van der Waals surface area contributed by atoms with Gasteiger partial charge in [0.15, 0.2) is 0 Å². The molecule has 5 heteroatoms. The van der Waals surface area contributed by atoms with Gasteiger partial charge in [-0.05, 0) is 42.4 Å². The molecule has 0 amide bonds. The summed E-state index contributed by atoms with van der Waals surface area (Å²) in [5.41, 5.74) is 7.12. The van der Waals surface area contributed by atoms with Crippen molar-refractivity contribution in [2.24, 2.45) is 11.3 Å². The topological polar surface area (TPSA) is 72.2 Å². The lowest BCUT2D eigenvalue weighted by molar-refractivity contribution is 0.537. The molecule has 0 spiro atoms. The first-order chi connectivity index (χ1) is 8.24. The Bertz CT molecular complexity index is 564. The van der Waals surface area contributed by atoms with E-state index in [1.165, 1.54) is 0 Å². The van der Waals surface area contributed by atoms with Crippen LogP contribution in [0.3, 0.4) is 0 Å². The first kappa shape index (κ1) is 13.4. The minimum Gasteiger partial charge on any atom is -0.398 e. The molecule has 1 atom stereocenters. The summed E-state index contributed by atoms with van der Waals surface area (Å²) >= 11 is 0. The summed E-state index contributed by atoms with van der Waals surface area (Å²) in [5.74, 6) is 0.439. The molecule has 3 N–H and O–H groups in total. The van der Waals surface area contributed by atoms with E-state index in [2.05, 4.69) is 18.6 Å². The normalized spacial score (nSPS) is 21.8. The number of nitrogens with two attached hydrogens (primary N) is 1. The van der Waals surface area contributed by atoms with Crippen molar-refractivity contribution in [2.45, 2.75) is 32.1 Å². The van der Waals surface area contributed by atoms with Crippen LogP contribution in [0.25, 0.3) is 0 Å². The molecule has 1 aromatic carbocycles. The number of nitrogen functional groups attached to an aromatic ring is 1. The maximum Gasteiger partial charge on any atom is 0.240 e. The maximum absolute atomic E-state index is 12.2. The molecule has 2 rings (SSSR count). The minimum atomic E-state index is -3.45. The molecule has 1 fully saturated rings. The van der Waals surface area contributed by atoms with Crippen molar-refractivity contribution < 1.29 is 8.42 Å². The predicted molar refractivity (Wildman–Crippen MR) is 72.7 cm³/mol. The second kappa shape index (κ2) is 4.24. The molecule has 0 bridgehead atoms. The number of rotatable bonds is 4. The fourth-order valence-corrected chi connectivity index (χ4v) is 3.49. The van der Waals surface area contributed by atoms with Gasteiger partial charge in [-0.3, -0.25) is 0 Å². The number of hydrogen-bond acceptors (Lipinski definition) is 3. The molecule has 4 nitrogen and oxygen atoms in total. The van der Waals surface area contributed by atoms with Crippen LogP contribution < -0.4 is 10.5 Å². The van der Waals surface area contributed by atoms with E-state index in [-0.39, 0.29) is 10.3 Å². The van der Waals surface area contributed by atoms with Crippen LogP contribution in [0.5, 0.6) is 0 Å². The minimum absolute atomic E-state index is 0.271. The van der Waals surface area contributed by atoms with Crippen LogP contribution in [0.4, 0.5) is 5.69 Å². The highest BCUT2D eigenvalue weighted by atomic mass is 32.2. The van der Waals surface area contributed by atoms with Gasteiger partial charge in [0.25, 0.3) is 0 Å². The highest BCUT2D eigenvalue weighted by molar-refractivity contribution is 7.89. The van der Waals surface area contributed by atoms with Crippen LogP contribution in [0.15, 0.2) is 23.1 Å². The Labute approximate surface area is 109 Å². The van der Waals surface area contributed by atoms with Crippen LogP contribution in [0, 0.1) is 18.3 Å². The van der Waals surface area contributed by atoms with E-state index in [4.69, 9.17) is 5.73 Å². The van der Waals surface area contributed by atoms with Crippen molar-refractivity contribution in [2.75, 3.05) is 12.3 Å². The molecule has 1 unspecified atom stereocenters. The van der Waals surface area contributed by atoms with Gasteiger partial charge >= 0.3 is 0 Å². The van der Waals surface area contributed by atoms with Gasteiger partial charge in [-0.2, -0.15) is 0 Å². The quantitative estimate of drug-likeness (QED) is 0.819. The van der Waals surface area contributed by atoms with Crippen LogP contribution in [0.1, 0.15) is 25.8 Å². The molecule has 1 saturated carbocycles. The lowest BCUT2D eigenvalue weighted by Crippen LogP contribution is -2.27. The third-order valence-corrected chi connectivity index (χ3v) is 5.42. The number of benzene rings is 1. The monoisotopic (exact) mass is 268 g/mol. The zero-order chi connectivity index (χ0) is 13.6. The Kier molecular flexibility index (Phi) is 3.15. The molecule has 1 aliphatic carbocycles. The molecule has 0 saturated heterocycles. The standard InChI is InChI=1S/C13H20N2O2S/c1-9-11(14)5-4-6-12(9)18(16,17)15-8-10-7-13(10,2)3/h4-6,10,15H,7-8,14H2,1-3H3. The fraction of sp³-hybridized carbons (Fsp3) is 0.538. The van der Waals surface area contributed by atoms with Crippen LogP contribution in [-0.4, -0.2) is 15.0 Å². The summed E-state index contributed by atoms with van der Waals surface area (Å²) in [6.45, 7) is 6.53. The van der Waals surface area contributed by atoms with Gasteiger partial charge in [0.1, 0.15) is 0 Å². The van der Waals surface area contributed by atoms with Crippen molar-refractivity contribution in [3.8, 4) is 0 Å². The Morgan fingerprint density at radius 1 is 1.44 bits per heavy atom. The van der Waals surface area contributed by atoms with Gasteiger partial charge in [0, 0.05) is 12.2 Å². The number of hydrogen-bond donors (Lipinski definition) is 2. The molecule has 0 heterocycles. The second-order valence-corrected chi connectivity index (χ2v) is 7.45. The Balaban J connectivity index is 2.14. The number of sulfonamides is 1. The summed E-state index contributed by atoms with van der Waals surface area (Å²) in [6, 6.07) is 4.96. The summed E-state index contributed by atoms with van der Waals surface area (Å²) in [4.78, 5) is 0.279. The van der Waals surface area contributed by atoms with E-state index in [0.717, 1.165) is 6.42 Å². The average Bonchev–Trinajstić information content (AvgIpc) is 2.88. The van der Waals surface area contributed by atoms with E-state index in [1.54, 1.807) is 25.1 Å². The number of anilines is 1. The molecule has 18 heavy (non-hydrogen) atoms. The van der Waals surface area contributed by atoms with Gasteiger partial charge in [-0.15, -0.1) is 0 Å². The summed E-state index contributed by atoms with van der Waals surface area (Å²) in [5, 5.41) is 0. The Morgan fingerprint density at radius 2 is 2.06 bits per heavy atom. The lowest BCUT2D eigenvalue weighted by atomic mass is 10.1. The second-order valence-electron chi connectivity index (χ2n) is 5.71. The summed E-state index contributed by atoms with van der Waals surface area (Å²) in [7, 11) is -3.45. The van der Waals surface area contributed by atoms with E-state index < -0.39 is 10.0 Å². The maximum atomic E-state index is 12.2. The van der Waals surface area contributed by atoms with Crippen LogP contribution in [-0.2, 0) is 10.0 Å². The molecule has 1 aromatic rings. The van der Waals surface area contributed by atoms with Crippen molar-refractivity contribution in [1.29, 1.82) is 0 Å². The van der Waals surface area contributed by atoms with Gasteiger partial charge < -0.3 is 5.73 Å². The third-order valence-electron chi connectivity index (χ3n) is 3.85. The highest BCUT2D eigenvalue weighted by Crippen LogP contribution is 2.51. The average molecular weight is 268 g/mol. The first-order valence-corrected chi connectivity index (χ1v) is 7.57. The Hall–Kier alpha value is -1.07. The molecule has 100 valence electrons. The van der Waals surface area contributed by atoms with E-state index in [9.17, 15) is 8.42 Å². The van der Waals surface area contributed by atoms with E-state index in [1.807, 2.05) is 0 Å². The van der Waals surface area contributed by atoms with E-state index >= 15 is 0 Å². The van der Waals surface area contributed by atoms with Gasteiger partial charge in [-0.1, -0.05) is 19.9 Å². The fourth-order valence-electron chi connectivity index (χ4n) is 2.14. The zero-order valence-corrected chi connectivity index (χ0v) is 11.8. The van der Waals surface area contributed by atoms with Crippen molar-refractivity contribution in [3.05, 3.63) is 23.8 Å². The largest absolute Gasteiger partial charge is 0.398 e. The molecule has 0 aromatic heterocycles. The van der Waals surface area contributed by atoms with E-state index in [0.29, 0.717) is 23.7 Å². The third kappa shape index (κ3) is 2.52. The number of nitrogens with one attached hydrogen (secondary N) is 1. The Morgan fingerprint density at radius 3 is 2.61 bits per heavy atom. The van der Waals surface area contributed by atoms with Crippen molar-refractivity contribution in [3.63, 3.8) is 0 Å². The van der Waals surface area contributed by atoms with Gasteiger partial charge in [0.05, 0.1) is 4.90 Å². The molecule has 0 radical (unpaired) electrons. The lowest BCUT2D eigenvalue weighted by Gasteiger charge is -2.11. The molecule has 0 aliphatic heterocycles. The summed E-state index contributed by atoms with van der Waals surface area (Å²) in [6.07, 6.45) is 1.07. The highest BCUT2D eigenvalue weighted by Gasteiger charge is 2.45.